The fourth-order valence-corrected chi connectivity index (χ4v) is 5.16. The summed E-state index contributed by atoms with van der Waals surface area (Å²) < 4.78 is 0. The molecule has 5 aromatic rings. The molecule has 2 heteroatoms. The first-order chi connectivity index (χ1) is 17.7. The second-order valence-corrected chi connectivity index (χ2v) is 13.8. The summed E-state index contributed by atoms with van der Waals surface area (Å²) in [6.07, 6.45) is 0. The molecule has 0 fully saturated rings. The van der Waals surface area contributed by atoms with Crippen molar-refractivity contribution in [2.45, 2.75) is 78.6 Å². The maximum absolute atomic E-state index is 3.63. The van der Waals surface area contributed by atoms with E-state index in [4.69, 9.17) is 0 Å². The molecular weight excluding hydrogens is 460 g/mol. The van der Waals surface area contributed by atoms with E-state index in [9.17, 15) is 0 Å². The maximum Gasteiger partial charge on any atom is 0.0469 e. The van der Waals surface area contributed by atoms with Gasteiger partial charge in [0.1, 0.15) is 0 Å². The van der Waals surface area contributed by atoms with Crippen molar-refractivity contribution in [1.29, 1.82) is 0 Å². The molecular formula is C36H42N2. The minimum atomic E-state index is 0.102. The third kappa shape index (κ3) is 4.97. The van der Waals surface area contributed by atoms with Gasteiger partial charge < -0.3 is 9.88 Å². The highest BCUT2D eigenvalue weighted by Crippen LogP contribution is 2.40. The first-order valence-electron chi connectivity index (χ1n) is 13.8. The Labute approximate surface area is 228 Å². The number of rotatable bonds is 3. The second-order valence-electron chi connectivity index (χ2n) is 13.8. The fraction of sp³-hybridized carbons (Fsp3) is 0.333. The Bertz CT molecular complexity index is 1520. The smallest absolute Gasteiger partial charge is 0.0469 e. The SMILES string of the molecule is CC(C)(C)c1ccc(N(c2ccc(C(C)(C)C)cc2)c2ccc3[nH]c4ccc(C(C)(C)C)cc4c3c2)cc1. The molecule has 0 aliphatic rings. The predicted molar refractivity (Wildman–Crippen MR) is 167 cm³/mol. The lowest BCUT2D eigenvalue weighted by Gasteiger charge is -2.28. The van der Waals surface area contributed by atoms with Crippen LogP contribution in [-0.4, -0.2) is 4.98 Å². The molecule has 196 valence electrons. The molecule has 0 unspecified atom stereocenters. The van der Waals surface area contributed by atoms with Gasteiger partial charge in [0.2, 0.25) is 0 Å². The summed E-state index contributed by atoms with van der Waals surface area (Å²) in [5.41, 5.74) is 10.2. The van der Waals surface area contributed by atoms with Gasteiger partial charge in [-0.05, 0) is 87.5 Å². The molecule has 1 N–H and O–H groups in total. The van der Waals surface area contributed by atoms with Crippen LogP contribution in [0.4, 0.5) is 17.1 Å². The van der Waals surface area contributed by atoms with Crippen LogP contribution in [0.2, 0.25) is 0 Å². The van der Waals surface area contributed by atoms with Crippen molar-refractivity contribution in [3.63, 3.8) is 0 Å². The summed E-state index contributed by atoms with van der Waals surface area (Å²) in [6, 6.07) is 31.8. The molecule has 0 radical (unpaired) electrons. The number of anilines is 3. The Morgan fingerprint density at radius 2 is 0.789 bits per heavy atom. The molecule has 0 aliphatic carbocycles. The minimum absolute atomic E-state index is 0.102. The first-order valence-corrected chi connectivity index (χ1v) is 13.8. The van der Waals surface area contributed by atoms with Crippen LogP contribution in [0.5, 0.6) is 0 Å². The topological polar surface area (TPSA) is 19.0 Å². The van der Waals surface area contributed by atoms with Crippen LogP contribution in [0.15, 0.2) is 84.9 Å². The molecule has 38 heavy (non-hydrogen) atoms. The molecule has 1 heterocycles. The lowest BCUT2D eigenvalue weighted by Crippen LogP contribution is -2.14. The zero-order chi connectivity index (χ0) is 27.5. The Morgan fingerprint density at radius 1 is 0.421 bits per heavy atom. The quantitative estimate of drug-likeness (QED) is 0.260. The fourth-order valence-electron chi connectivity index (χ4n) is 5.16. The van der Waals surface area contributed by atoms with Gasteiger partial charge in [-0.15, -0.1) is 0 Å². The number of nitrogens with one attached hydrogen (secondary N) is 1. The van der Waals surface area contributed by atoms with Gasteiger partial charge in [0.05, 0.1) is 0 Å². The number of aromatic nitrogens is 1. The molecule has 0 amide bonds. The molecule has 0 saturated heterocycles. The molecule has 0 saturated carbocycles. The first kappa shape index (κ1) is 26.1. The standard InChI is InChI=1S/C36H42N2/c1-34(2,3)24-10-15-27(16-11-24)38(28-17-12-25(13-18-28)35(4,5)6)29-19-21-33-31(23-29)30-22-26(36(7,8)9)14-20-32(30)37-33/h10-23,37H,1-9H3. The van der Waals surface area contributed by atoms with Crippen molar-refractivity contribution in [2.75, 3.05) is 4.90 Å². The van der Waals surface area contributed by atoms with E-state index in [1.807, 2.05) is 0 Å². The summed E-state index contributed by atoms with van der Waals surface area (Å²) in [7, 11) is 0. The number of benzene rings is 4. The molecule has 0 spiro atoms. The van der Waals surface area contributed by atoms with Crippen LogP contribution >= 0.6 is 0 Å². The Morgan fingerprint density at radius 3 is 1.24 bits per heavy atom. The highest BCUT2D eigenvalue weighted by Gasteiger charge is 2.20. The van der Waals surface area contributed by atoms with Crippen LogP contribution in [0, 0.1) is 0 Å². The average molecular weight is 503 g/mol. The maximum atomic E-state index is 3.63. The number of aromatic amines is 1. The molecule has 4 aromatic carbocycles. The lowest BCUT2D eigenvalue weighted by molar-refractivity contribution is 0.590. The second kappa shape index (κ2) is 9.05. The van der Waals surface area contributed by atoms with E-state index in [0.717, 1.165) is 17.1 Å². The van der Waals surface area contributed by atoms with Gasteiger partial charge in [-0.1, -0.05) is 92.6 Å². The van der Waals surface area contributed by atoms with Crippen LogP contribution < -0.4 is 4.90 Å². The normalized spacial score (nSPS) is 12.9. The van der Waals surface area contributed by atoms with E-state index in [2.05, 4.69) is 157 Å². The van der Waals surface area contributed by atoms with Gasteiger partial charge in [-0.25, -0.2) is 0 Å². The van der Waals surface area contributed by atoms with Crippen molar-refractivity contribution in [3.05, 3.63) is 102 Å². The molecule has 5 rings (SSSR count). The minimum Gasteiger partial charge on any atom is -0.355 e. The van der Waals surface area contributed by atoms with Crippen LogP contribution in [0.3, 0.4) is 0 Å². The summed E-state index contributed by atoms with van der Waals surface area (Å²) >= 11 is 0. The van der Waals surface area contributed by atoms with Gasteiger partial charge in [0.15, 0.2) is 0 Å². The summed E-state index contributed by atoms with van der Waals surface area (Å²) in [5.74, 6) is 0. The van der Waals surface area contributed by atoms with Gasteiger partial charge in [0.25, 0.3) is 0 Å². The number of hydrogen-bond acceptors (Lipinski definition) is 1. The van der Waals surface area contributed by atoms with Crippen molar-refractivity contribution < 1.29 is 0 Å². The number of hydrogen-bond donors (Lipinski definition) is 1. The summed E-state index contributed by atoms with van der Waals surface area (Å²) in [5, 5.41) is 2.53. The molecule has 0 bridgehead atoms. The highest BCUT2D eigenvalue weighted by atomic mass is 15.1. The average Bonchev–Trinajstić information content (AvgIpc) is 3.21. The van der Waals surface area contributed by atoms with Crippen molar-refractivity contribution in [3.8, 4) is 0 Å². The van der Waals surface area contributed by atoms with Crippen LogP contribution in [0.25, 0.3) is 21.8 Å². The van der Waals surface area contributed by atoms with Gasteiger partial charge in [0, 0.05) is 38.9 Å². The third-order valence-electron chi connectivity index (χ3n) is 7.69. The van der Waals surface area contributed by atoms with Crippen LogP contribution in [-0.2, 0) is 16.2 Å². The van der Waals surface area contributed by atoms with E-state index < -0.39 is 0 Å². The van der Waals surface area contributed by atoms with Crippen molar-refractivity contribution in [2.24, 2.45) is 0 Å². The number of fused-ring (bicyclic) bond motifs is 3. The predicted octanol–water partition coefficient (Wildman–Crippen LogP) is 10.7. The number of H-pyrrole nitrogens is 1. The van der Waals surface area contributed by atoms with Gasteiger partial charge >= 0.3 is 0 Å². The van der Waals surface area contributed by atoms with E-state index >= 15 is 0 Å². The largest absolute Gasteiger partial charge is 0.355 e. The highest BCUT2D eigenvalue weighted by molar-refractivity contribution is 6.09. The summed E-state index contributed by atoms with van der Waals surface area (Å²) in [4.78, 5) is 6.01. The van der Waals surface area contributed by atoms with E-state index in [1.54, 1.807) is 0 Å². The lowest BCUT2D eigenvalue weighted by atomic mass is 9.86. The number of nitrogens with zero attached hydrogens (tertiary/aromatic N) is 1. The van der Waals surface area contributed by atoms with Crippen molar-refractivity contribution >= 4 is 38.9 Å². The Balaban J connectivity index is 1.68. The zero-order valence-corrected chi connectivity index (χ0v) is 24.5. The third-order valence-corrected chi connectivity index (χ3v) is 7.69. The van der Waals surface area contributed by atoms with Gasteiger partial charge in [-0.2, -0.15) is 0 Å². The Kier molecular flexibility index (Phi) is 6.21. The molecule has 1 aromatic heterocycles. The van der Waals surface area contributed by atoms with E-state index in [-0.39, 0.29) is 16.2 Å². The van der Waals surface area contributed by atoms with Gasteiger partial charge in [-0.3, -0.25) is 0 Å². The van der Waals surface area contributed by atoms with E-state index in [0.29, 0.717) is 0 Å². The van der Waals surface area contributed by atoms with Crippen LogP contribution in [0.1, 0.15) is 79.0 Å². The van der Waals surface area contributed by atoms with Crippen molar-refractivity contribution in [1.82, 2.24) is 4.98 Å². The zero-order valence-electron chi connectivity index (χ0n) is 24.5. The molecule has 2 nitrogen and oxygen atoms in total. The summed E-state index contributed by atoms with van der Waals surface area (Å²) in [6.45, 7) is 20.4. The van der Waals surface area contributed by atoms with E-state index in [1.165, 1.54) is 38.5 Å². The Hall–Kier alpha value is -3.52. The molecule has 0 aliphatic heterocycles. The monoisotopic (exact) mass is 502 g/mol. The molecule has 0 atom stereocenters.